The quantitative estimate of drug-likeness (QED) is 0.585. The highest BCUT2D eigenvalue weighted by molar-refractivity contribution is 4.63. The SMILES string of the molecule is CCCCCCC(CN)C(C)C. The van der Waals surface area contributed by atoms with Gasteiger partial charge in [-0.05, 0) is 24.8 Å². The first kappa shape index (κ1) is 12.0. The van der Waals surface area contributed by atoms with E-state index in [2.05, 4.69) is 20.8 Å². The van der Waals surface area contributed by atoms with E-state index in [9.17, 15) is 0 Å². The van der Waals surface area contributed by atoms with Gasteiger partial charge in [0, 0.05) is 0 Å². The van der Waals surface area contributed by atoms with Gasteiger partial charge in [-0.15, -0.1) is 0 Å². The fraction of sp³-hybridized carbons (Fsp3) is 1.00. The van der Waals surface area contributed by atoms with Crippen LogP contribution in [0, 0.1) is 11.8 Å². The molecule has 1 heteroatoms. The molecule has 0 saturated heterocycles. The van der Waals surface area contributed by atoms with Crippen molar-refractivity contribution in [1.82, 2.24) is 0 Å². The van der Waals surface area contributed by atoms with Crippen LogP contribution in [0.15, 0.2) is 0 Å². The average molecular weight is 171 g/mol. The molecule has 0 rings (SSSR count). The predicted molar refractivity (Wildman–Crippen MR) is 56.1 cm³/mol. The zero-order valence-corrected chi connectivity index (χ0v) is 8.97. The molecule has 0 aromatic carbocycles. The molecule has 1 unspecified atom stereocenters. The summed E-state index contributed by atoms with van der Waals surface area (Å²) in [5.41, 5.74) is 5.69. The number of hydrogen-bond donors (Lipinski definition) is 1. The summed E-state index contributed by atoms with van der Waals surface area (Å²) in [7, 11) is 0. The molecule has 0 spiro atoms. The maximum Gasteiger partial charge on any atom is -0.00464 e. The maximum atomic E-state index is 5.69. The molecule has 0 saturated carbocycles. The Balaban J connectivity index is 3.32. The smallest absolute Gasteiger partial charge is 0.00464 e. The van der Waals surface area contributed by atoms with Crippen LogP contribution >= 0.6 is 0 Å². The van der Waals surface area contributed by atoms with Gasteiger partial charge in [0.05, 0.1) is 0 Å². The van der Waals surface area contributed by atoms with E-state index >= 15 is 0 Å². The lowest BCUT2D eigenvalue weighted by atomic mass is 9.90. The molecule has 0 aromatic heterocycles. The van der Waals surface area contributed by atoms with E-state index in [1.807, 2.05) is 0 Å². The standard InChI is InChI=1S/C11H25N/c1-4-5-6-7-8-11(9-12)10(2)3/h10-11H,4-9,12H2,1-3H3. The first-order valence-electron chi connectivity index (χ1n) is 5.42. The van der Waals surface area contributed by atoms with Crippen LogP contribution < -0.4 is 5.73 Å². The summed E-state index contributed by atoms with van der Waals surface area (Å²) < 4.78 is 0. The van der Waals surface area contributed by atoms with Crippen LogP contribution in [0.25, 0.3) is 0 Å². The van der Waals surface area contributed by atoms with E-state index in [-0.39, 0.29) is 0 Å². The Morgan fingerprint density at radius 2 is 1.75 bits per heavy atom. The summed E-state index contributed by atoms with van der Waals surface area (Å²) in [4.78, 5) is 0. The largest absolute Gasteiger partial charge is 0.330 e. The first-order chi connectivity index (χ1) is 5.72. The van der Waals surface area contributed by atoms with E-state index in [4.69, 9.17) is 5.73 Å². The molecular formula is C11H25N. The maximum absolute atomic E-state index is 5.69. The Bertz CT molecular complexity index is 89.0. The zero-order chi connectivity index (χ0) is 9.40. The van der Waals surface area contributed by atoms with Gasteiger partial charge in [0.25, 0.3) is 0 Å². The lowest BCUT2D eigenvalue weighted by Crippen LogP contribution is -2.19. The summed E-state index contributed by atoms with van der Waals surface area (Å²) in [6.45, 7) is 7.67. The summed E-state index contributed by atoms with van der Waals surface area (Å²) in [5, 5.41) is 0. The van der Waals surface area contributed by atoms with Crippen molar-refractivity contribution in [3.8, 4) is 0 Å². The monoisotopic (exact) mass is 171 g/mol. The van der Waals surface area contributed by atoms with Gasteiger partial charge in [-0.1, -0.05) is 46.5 Å². The minimum absolute atomic E-state index is 0.752. The number of rotatable bonds is 7. The Hall–Kier alpha value is -0.0400. The van der Waals surface area contributed by atoms with Crippen LogP contribution in [0.5, 0.6) is 0 Å². The zero-order valence-electron chi connectivity index (χ0n) is 8.97. The molecule has 0 fully saturated rings. The van der Waals surface area contributed by atoms with Gasteiger partial charge in [0.15, 0.2) is 0 Å². The molecule has 0 aliphatic rings. The molecule has 0 radical (unpaired) electrons. The summed E-state index contributed by atoms with van der Waals surface area (Å²) in [5.74, 6) is 1.51. The van der Waals surface area contributed by atoms with Crippen molar-refractivity contribution in [2.45, 2.75) is 52.9 Å². The summed E-state index contributed by atoms with van der Waals surface area (Å²) >= 11 is 0. The first-order valence-corrected chi connectivity index (χ1v) is 5.42. The molecular weight excluding hydrogens is 146 g/mol. The van der Waals surface area contributed by atoms with Crippen molar-refractivity contribution < 1.29 is 0 Å². The lowest BCUT2D eigenvalue weighted by molar-refractivity contribution is 0.354. The van der Waals surface area contributed by atoms with Gasteiger partial charge in [-0.2, -0.15) is 0 Å². The van der Waals surface area contributed by atoms with Crippen molar-refractivity contribution in [3.63, 3.8) is 0 Å². The van der Waals surface area contributed by atoms with E-state index in [0.29, 0.717) is 0 Å². The average Bonchev–Trinajstić information content (AvgIpc) is 2.04. The molecule has 74 valence electrons. The van der Waals surface area contributed by atoms with Crippen molar-refractivity contribution in [1.29, 1.82) is 0 Å². The van der Waals surface area contributed by atoms with Crippen LogP contribution in [0.2, 0.25) is 0 Å². The minimum Gasteiger partial charge on any atom is -0.330 e. The van der Waals surface area contributed by atoms with Gasteiger partial charge >= 0.3 is 0 Å². The van der Waals surface area contributed by atoms with Crippen LogP contribution in [0.3, 0.4) is 0 Å². The van der Waals surface area contributed by atoms with Crippen LogP contribution in [0.1, 0.15) is 52.9 Å². The van der Waals surface area contributed by atoms with Gasteiger partial charge in [-0.25, -0.2) is 0 Å². The molecule has 0 aliphatic heterocycles. The molecule has 0 aliphatic carbocycles. The molecule has 0 amide bonds. The number of nitrogens with two attached hydrogens (primary N) is 1. The lowest BCUT2D eigenvalue weighted by Gasteiger charge is -2.18. The Kier molecular flexibility index (Phi) is 7.58. The second-order valence-corrected chi connectivity index (χ2v) is 4.09. The third-order valence-corrected chi connectivity index (χ3v) is 2.67. The fourth-order valence-corrected chi connectivity index (χ4v) is 1.56. The van der Waals surface area contributed by atoms with E-state index in [0.717, 1.165) is 18.4 Å². The Morgan fingerprint density at radius 1 is 1.08 bits per heavy atom. The third kappa shape index (κ3) is 5.59. The molecule has 0 bridgehead atoms. The number of unbranched alkanes of at least 4 members (excludes halogenated alkanes) is 3. The predicted octanol–water partition coefficient (Wildman–Crippen LogP) is 3.19. The molecule has 1 nitrogen and oxygen atoms in total. The second kappa shape index (κ2) is 7.60. The van der Waals surface area contributed by atoms with Crippen molar-refractivity contribution in [2.75, 3.05) is 6.54 Å². The van der Waals surface area contributed by atoms with Gasteiger partial charge in [0.1, 0.15) is 0 Å². The molecule has 0 aromatic rings. The highest BCUT2D eigenvalue weighted by atomic mass is 14.5. The van der Waals surface area contributed by atoms with E-state index < -0.39 is 0 Å². The highest BCUT2D eigenvalue weighted by Crippen LogP contribution is 2.17. The number of hydrogen-bond acceptors (Lipinski definition) is 1. The molecule has 1 atom stereocenters. The van der Waals surface area contributed by atoms with Crippen molar-refractivity contribution in [3.05, 3.63) is 0 Å². The Morgan fingerprint density at radius 3 is 2.17 bits per heavy atom. The van der Waals surface area contributed by atoms with Crippen LogP contribution in [-0.4, -0.2) is 6.54 Å². The van der Waals surface area contributed by atoms with Crippen LogP contribution in [0.4, 0.5) is 0 Å². The third-order valence-electron chi connectivity index (χ3n) is 2.67. The fourth-order valence-electron chi connectivity index (χ4n) is 1.56. The van der Waals surface area contributed by atoms with Crippen molar-refractivity contribution in [2.24, 2.45) is 17.6 Å². The summed E-state index contributed by atoms with van der Waals surface area (Å²) in [6, 6.07) is 0. The van der Waals surface area contributed by atoms with Crippen molar-refractivity contribution >= 4 is 0 Å². The molecule has 0 heterocycles. The molecule has 2 N–H and O–H groups in total. The Labute approximate surface area is 77.7 Å². The highest BCUT2D eigenvalue weighted by Gasteiger charge is 2.09. The van der Waals surface area contributed by atoms with Crippen LogP contribution in [-0.2, 0) is 0 Å². The molecule has 12 heavy (non-hydrogen) atoms. The van der Waals surface area contributed by atoms with E-state index in [1.54, 1.807) is 0 Å². The summed E-state index contributed by atoms with van der Waals surface area (Å²) in [6.07, 6.45) is 6.80. The minimum atomic E-state index is 0.752. The topological polar surface area (TPSA) is 26.0 Å². The van der Waals surface area contributed by atoms with Gasteiger partial charge in [0.2, 0.25) is 0 Å². The normalized spacial score (nSPS) is 13.8. The van der Waals surface area contributed by atoms with E-state index in [1.165, 1.54) is 32.1 Å². The second-order valence-electron chi connectivity index (χ2n) is 4.09. The van der Waals surface area contributed by atoms with Gasteiger partial charge in [-0.3, -0.25) is 0 Å². The van der Waals surface area contributed by atoms with Gasteiger partial charge < -0.3 is 5.73 Å².